The quantitative estimate of drug-likeness (QED) is 0.908. The second kappa shape index (κ2) is 6.15. The van der Waals surface area contributed by atoms with E-state index >= 15 is 0 Å². The van der Waals surface area contributed by atoms with Gasteiger partial charge in [0.15, 0.2) is 0 Å². The standard InChI is InChI=1S/C19H26N2O/c1-5-17-16(18(6-2)21-20-17)11-13-10-12(3)19(22-4)15-9-7-8-14(13)15/h10H,5-9,11H2,1-4H3,(H,20,21). The molecule has 22 heavy (non-hydrogen) atoms. The van der Waals surface area contributed by atoms with Crippen LogP contribution in [0.4, 0.5) is 0 Å². The van der Waals surface area contributed by atoms with Crippen molar-refractivity contribution in [2.24, 2.45) is 0 Å². The van der Waals surface area contributed by atoms with Gasteiger partial charge in [0.1, 0.15) is 5.75 Å². The maximum absolute atomic E-state index is 5.65. The Bertz CT molecular complexity index is 664. The van der Waals surface area contributed by atoms with Crippen LogP contribution in [-0.4, -0.2) is 17.3 Å². The fourth-order valence-electron chi connectivity index (χ4n) is 3.87. The number of methoxy groups -OCH3 is 1. The Kier molecular flexibility index (Phi) is 4.23. The van der Waals surface area contributed by atoms with Gasteiger partial charge in [0.25, 0.3) is 0 Å². The summed E-state index contributed by atoms with van der Waals surface area (Å²) in [5, 5.41) is 7.73. The van der Waals surface area contributed by atoms with Crippen LogP contribution in [-0.2, 0) is 32.1 Å². The average Bonchev–Trinajstić information content (AvgIpc) is 3.14. The van der Waals surface area contributed by atoms with Gasteiger partial charge in [-0.1, -0.05) is 19.9 Å². The van der Waals surface area contributed by atoms with E-state index in [1.54, 1.807) is 7.11 Å². The molecule has 1 N–H and O–H groups in total. The minimum atomic E-state index is 0.989. The maximum Gasteiger partial charge on any atom is 0.125 e. The topological polar surface area (TPSA) is 37.9 Å². The van der Waals surface area contributed by atoms with Crippen molar-refractivity contribution in [3.05, 3.63) is 45.3 Å². The Balaban J connectivity index is 2.06. The molecule has 1 aliphatic carbocycles. The van der Waals surface area contributed by atoms with Crippen molar-refractivity contribution in [1.82, 2.24) is 10.2 Å². The van der Waals surface area contributed by atoms with Crippen LogP contribution < -0.4 is 4.74 Å². The summed E-state index contributed by atoms with van der Waals surface area (Å²) < 4.78 is 5.65. The number of fused-ring (bicyclic) bond motifs is 1. The van der Waals surface area contributed by atoms with Gasteiger partial charge in [-0.25, -0.2) is 0 Å². The zero-order valence-corrected chi connectivity index (χ0v) is 14.2. The molecule has 118 valence electrons. The van der Waals surface area contributed by atoms with Crippen LogP contribution in [0, 0.1) is 6.92 Å². The van der Waals surface area contributed by atoms with Crippen molar-refractivity contribution in [3.8, 4) is 5.75 Å². The molecule has 0 bridgehead atoms. The van der Waals surface area contributed by atoms with Crippen LogP contribution in [0.25, 0.3) is 0 Å². The Labute approximate surface area is 133 Å². The molecular weight excluding hydrogens is 272 g/mol. The normalized spacial score (nSPS) is 13.5. The Hall–Kier alpha value is -1.77. The van der Waals surface area contributed by atoms with Crippen LogP contribution in [0.2, 0.25) is 0 Å². The molecule has 0 unspecified atom stereocenters. The molecule has 1 aliphatic rings. The first kappa shape index (κ1) is 15.1. The molecule has 3 heteroatoms. The summed E-state index contributed by atoms with van der Waals surface area (Å²) in [6, 6.07) is 2.33. The summed E-state index contributed by atoms with van der Waals surface area (Å²) in [6.07, 6.45) is 6.58. The third kappa shape index (κ3) is 2.43. The van der Waals surface area contributed by atoms with Crippen molar-refractivity contribution in [3.63, 3.8) is 0 Å². The van der Waals surface area contributed by atoms with Crippen molar-refractivity contribution in [1.29, 1.82) is 0 Å². The zero-order valence-electron chi connectivity index (χ0n) is 14.2. The summed E-state index contributed by atoms with van der Waals surface area (Å²) in [7, 11) is 1.79. The van der Waals surface area contributed by atoms with Gasteiger partial charge < -0.3 is 4.74 Å². The van der Waals surface area contributed by atoms with Gasteiger partial charge in [0.05, 0.1) is 12.8 Å². The van der Waals surface area contributed by atoms with Gasteiger partial charge in [0, 0.05) is 17.7 Å². The number of H-pyrrole nitrogens is 1. The molecule has 0 fully saturated rings. The molecule has 3 rings (SSSR count). The van der Waals surface area contributed by atoms with Gasteiger partial charge in [-0.2, -0.15) is 5.10 Å². The van der Waals surface area contributed by atoms with E-state index in [9.17, 15) is 0 Å². The molecule has 1 aromatic carbocycles. The van der Waals surface area contributed by atoms with Crippen molar-refractivity contribution in [2.45, 2.75) is 59.3 Å². The summed E-state index contributed by atoms with van der Waals surface area (Å²) >= 11 is 0. The molecule has 0 saturated heterocycles. The fraction of sp³-hybridized carbons (Fsp3) is 0.526. The highest BCUT2D eigenvalue weighted by atomic mass is 16.5. The number of hydrogen-bond donors (Lipinski definition) is 1. The van der Waals surface area contributed by atoms with Crippen LogP contribution in [0.3, 0.4) is 0 Å². The van der Waals surface area contributed by atoms with E-state index in [4.69, 9.17) is 4.74 Å². The van der Waals surface area contributed by atoms with E-state index < -0.39 is 0 Å². The lowest BCUT2D eigenvalue weighted by atomic mass is 9.92. The molecule has 0 amide bonds. The summed E-state index contributed by atoms with van der Waals surface area (Å²) in [5.41, 5.74) is 9.61. The Morgan fingerprint density at radius 3 is 2.64 bits per heavy atom. The second-order valence-electron chi connectivity index (χ2n) is 6.21. The highest BCUT2D eigenvalue weighted by Crippen LogP contribution is 2.37. The number of rotatable bonds is 5. The van der Waals surface area contributed by atoms with E-state index in [0.29, 0.717) is 0 Å². The first-order valence-electron chi connectivity index (χ1n) is 8.42. The summed E-state index contributed by atoms with van der Waals surface area (Å²) in [6.45, 7) is 6.54. The number of benzene rings is 1. The van der Waals surface area contributed by atoms with Crippen LogP contribution in [0.1, 0.15) is 59.5 Å². The van der Waals surface area contributed by atoms with Crippen molar-refractivity contribution >= 4 is 0 Å². The first-order valence-corrected chi connectivity index (χ1v) is 8.42. The van der Waals surface area contributed by atoms with Crippen LogP contribution in [0.5, 0.6) is 5.75 Å². The SMILES string of the molecule is CCc1n[nH]c(CC)c1Cc1cc(C)c(OC)c2c1CCC2. The Morgan fingerprint density at radius 2 is 1.95 bits per heavy atom. The minimum Gasteiger partial charge on any atom is -0.496 e. The van der Waals surface area contributed by atoms with Gasteiger partial charge in [-0.05, 0) is 61.3 Å². The fourth-order valence-corrected chi connectivity index (χ4v) is 3.87. The lowest BCUT2D eigenvalue weighted by Gasteiger charge is -2.16. The van der Waals surface area contributed by atoms with Crippen LogP contribution >= 0.6 is 0 Å². The minimum absolute atomic E-state index is 0.989. The predicted molar refractivity (Wildman–Crippen MR) is 89.9 cm³/mol. The molecule has 2 aromatic rings. The highest BCUT2D eigenvalue weighted by Gasteiger charge is 2.22. The second-order valence-corrected chi connectivity index (χ2v) is 6.21. The first-order chi connectivity index (χ1) is 10.7. The van der Waals surface area contributed by atoms with E-state index in [2.05, 4.69) is 37.0 Å². The largest absolute Gasteiger partial charge is 0.496 e. The summed E-state index contributed by atoms with van der Waals surface area (Å²) in [5.74, 6) is 1.11. The smallest absolute Gasteiger partial charge is 0.125 e. The van der Waals surface area contributed by atoms with E-state index in [1.807, 2.05) is 0 Å². The van der Waals surface area contributed by atoms with E-state index in [0.717, 1.165) is 31.4 Å². The molecular formula is C19H26N2O. The average molecular weight is 298 g/mol. The third-order valence-corrected chi connectivity index (χ3v) is 4.93. The molecule has 1 aromatic heterocycles. The third-order valence-electron chi connectivity index (χ3n) is 4.93. The number of aromatic amines is 1. The molecule has 3 nitrogen and oxygen atoms in total. The number of hydrogen-bond acceptors (Lipinski definition) is 2. The van der Waals surface area contributed by atoms with Crippen molar-refractivity contribution < 1.29 is 4.74 Å². The van der Waals surface area contributed by atoms with Crippen LogP contribution in [0.15, 0.2) is 6.07 Å². The molecule has 0 atom stereocenters. The monoisotopic (exact) mass is 298 g/mol. The summed E-state index contributed by atoms with van der Waals surface area (Å²) in [4.78, 5) is 0. The lowest BCUT2D eigenvalue weighted by molar-refractivity contribution is 0.407. The number of ether oxygens (including phenoxy) is 1. The predicted octanol–water partition coefficient (Wildman–Crippen LogP) is 3.93. The van der Waals surface area contributed by atoms with Gasteiger partial charge >= 0.3 is 0 Å². The highest BCUT2D eigenvalue weighted by molar-refractivity contribution is 5.53. The molecule has 0 aliphatic heterocycles. The number of nitrogens with one attached hydrogen (secondary N) is 1. The zero-order chi connectivity index (χ0) is 15.7. The van der Waals surface area contributed by atoms with Gasteiger partial charge in [-0.15, -0.1) is 0 Å². The Morgan fingerprint density at radius 1 is 1.18 bits per heavy atom. The molecule has 0 saturated carbocycles. The van der Waals surface area contributed by atoms with Crippen molar-refractivity contribution in [2.75, 3.05) is 7.11 Å². The van der Waals surface area contributed by atoms with E-state index in [-0.39, 0.29) is 0 Å². The number of nitrogens with zero attached hydrogens (tertiary/aromatic N) is 1. The molecule has 0 radical (unpaired) electrons. The maximum atomic E-state index is 5.65. The van der Waals surface area contributed by atoms with Gasteiger partial charge in [-0.3, -0.25) is 5.10 Å². The van der Waals surface area contributed by atoms with E-state index in [1.165, 1.54) is 52.0 Å². The van der Waals surface area contributed by atoms with Gasteiger partial charge in [0.2, 0.25) is 0 Å². The number of aryl methyl sites for hydroxylation is 3. The molecule has 1 heterocycles. The number of aromatic nitrogens is 2. The lowest BCUT2D eigenvalue weighted by Crippen LogP contribution is -2.03. The molecule has 0 spiro atoms.